The minimum atomic E-state index is -3.62. The number of carbonyl (C=O) groups excluding carboxylic acids is 1. The van der Waals surface area contributed by atoms with Crippen LogP contribution in [0.1, 0.15) is 66.6 Å². The predicted molar refractivity (Wildman–Crippen MR) is 213 cm³/mol. The van der Waals surface area contributed by atoms with Crippen molar-refractivity contribution in [3.8, 4) is 16.9 Å². The third-order valence-corrected chi connectivity index (χ3v) is 13.2. The van der Waals surface area contributed by atoms with E-state index in [1.165, 1.54) is 16.4 Å². The number of morpholine rings is 1. The molecule has 0 radical (unpaired) electrons. The molecule has 0 aliphatic carbocycles. The number of benzene rings is 3. The Labute approximate surface area is 326 Å². The summed E-state index contributed by atoms with van der Waals surface area (Å²) in [5.41, 5.74) is 5.45. The predicted octanol–water partition coefficient (Wildman–Crippen LogP) is 7.17. The molecule has 11 nitrogen and oxygen atoms in total. The molecular weight excluding hydrogens is 745 g/mol. The third-order valence-electron chi connectivity index (χ3n) is 10.9. The van der Waals surface area contributed by atoms with E-state index >= 15 is 0 Å². The first-order valence-corrected chi connectivity index (χ1v) is 21.2. The number of aromatic nitrogens is 3. The lowest BCUT2D eigenvalue weighted by atomic mass is 9.93. The highest BCUT2D eigenvalue weighted by Gasteiger charge is 2.35. The summed E-state index contributed by atoms with van der Waals surface area (Å²) < 4.78 is 64.4. The van der Waals surface area contributed by atoms with Gasteiger partial charge >= 0.3 is 5.97 Å². The molecule has 2 aliphatic rings. The van der Waals surface area contributed by atoms with Crippen molar-refractivity contribution >= 4 is 49.3 Å². The molecule has 1 fully saturated rings. The van der Waals surface area contributed by atoms with Crippen molar-refractivity contribution in [2.45, 2.75) is 58.5 Å². The minimum Gasteiger partial charge on any atom is -0.493 e. The van der Waals surface area contributed by atoms with Gasteiger partial charge in [-0.15, -0.1) is 0 Å². The number of sulfonamides is 1. The number of nitrogens with zero attached hydrogens (tertiary/aromatic N) is 5. The van der Waals surface area contributed by atoms with Gasteiger partial charge in [0, 0.05) is 67.9 Å². The maximum atomic E-state index is 14.1. The molecule has 55 heavy (non-hydrogen) atoms. The van der Waals surface area contributed by atoms with E-state index in [1.54, 1.807) is 20.0 Å². The average Bonchev–Trinajstić information content (AvgIpc) is 3.66. The summed E-state index contributed by atoms with van der Waals surface area (Å²) in [6.07, 6.45) is 2.49. The smallest absolute Gasteiger partial charge is 0.355 e. The summed E-state index contributed by atoms with van der Waals surface area (Å²) in [6, 6.07) is 13.8. The van der Waals surface area contributed by atoms with E-state index < -0.39 is 16.0 Å². The summed E-state index contributed by atoms with van der Waals surface area (Å²) in [5.74, 6) is -0.229. The van der Waals surface area contributed by atoms with Crippen molar-refractivity contribution in [1.82, 2.24) is 23.6 Å². The lowest BCUT2D eigenvalue weighted by molar-refractivity contribution is 0.0126. The highest BCUT2D eigenvalue weighted by Crippen LogP contribution is 2.45. The molecule has 0 spiro atoms. The highest BCUT2D eigenvalue weighted by molar-refractivity contribution is 7.89. The number of halogens is 2. The number of hydrogen-bond donors (Lipinski definition) is 0. The van der Waals surface area contributed by atoms with Gasteiger partial charge in [0.15, 0.2) is 0 Å². The van der Waals surface area contributed by atoms with Crippen molar-refractivity contribution in [2.75, 3.05) is 58.9 Å². The molecule has 2 aliphatic heterocycles. The lowest BCUT2D eigenvalue weighted by Gasteiger charge is -2.35. The Morgan fingerprint density at radius 2 is 1.80 bits per heavy atom. The van der Waals surface area contributed by atoms with Crippen LogP contribution in [0.25, 0.3) is 32.8 Å². The normalized spacial score (nSPS) is 18.4. The average molecular weight is 794 g/mol. The van der Waals surface area contributed by atoms with E-state index in [4.69, 9.17) is 30.9 Å². The Morgan fingerprint density at radius 3 is 2.56 bits per heavy atom. The second-order valence-corrected chi connectivity index (χ2v) is 16.8. The van der Waals surface area contributed by atoms with Crippen LogP contribution < -0.4 is 4.74 Å². The molecule has 1 unspecified atom stereocenters. The van der Waals surface area contributed by atoms with Crippen molar-refractivity contribution in [3.05, 3.63) is 82.0 Å². The zero-order valence-corrected chi connectivity index (χ0v) is 33.5. The summed E-state index contributed by atoms with van der Waals surface area (Å²) in [7, 11) is -0.0388. The Hall–Kier alpha value is -4.01. The molecule has 1 atom stereocenters. The van der Waals surface area contributed by atoms with Crippen LogP contribution in [0.3, 0.4) is 0 Å². The molecule has 5 aromatic rings. The molecule has 0 N–H and O–H groups in total. The van der Waals surface area contributed by atoms with Gasteiger partial charge in [-0.3, -0.25) is 9.58 Å². The van der Waals surface area contributed by atoms with Gasteiger partial charge in [-0.1, -0.05) is 36.7 Å². The quantitative estimate of drug-likeness (QED) is 0.114. The van der Waals surface area contributed by atoms with Crippen LogP contribution in [0.2, 0.25) is 5.02 Å². The molecule has 3 aromatic carbocycles. The van der Waals surface area contributed by atoms with Crippen LogP contribution in [0.5, 0.6) is 5.75 Å². The molecule has 7 rings (SSSR count). The van der Waals surface area contributed by atoms with Gasteiger partial charge in [-0.25, -0.2) is 21.9 Å². The number of fused-ring (bicyclic) bond motifs is 3. The molecule has 294 valence electrons. The number of esters is 1. The van der Waals surface area contributed by atoms with Gasteiger partial charge in [0.2, 0.25) is 10.0 Å². The Kier molecular flexibility index (Phi) is 11.8. The summed E-state index contributed by atoms with van der Waals surface area (Å²) in [6.45, 7) is 7.45. The first-order chi connectivity index (χ1) is 26.5. The number of carbonyl (C=O) groups is 1. The van der Waals surface area contributed by atoms with Crippen molar-refractivity contribution in [1.29, 1.82) is 0 Å². The van der Waals surface area contributed by atoms with Gasteiger partial charge in [-0.05, 0) is 80.3 Å². The summed E-state index contributed by atoms with van der Waals surface area (Å²) >= 11 is 7.31. The van der Waals surface area contributed by atoms with Gasteiger partial charge in [0.25, 0.3) is 0 Å². The Bertz CT molecular complexity index is 2320. The fourth-order valence-electron chi connectivity index (χ4n) is 8.30. The zero-order chi connectivity index (χ0) is 38.9. The summed E-state index contributed by atoms with van der Waals surface area (Å²) in [5, 5.41) is 8.10. The van der Waals surface area contributed by atoms with E-state index in [0.717, 1.165) is 49.8 Å². The largest absolute Gasteiger partial charge is 0.493 e. The molecule has 0 amide bonds. The van der Waals surface area contributed by atoms with E-state index in [2.05, 4.69) is 11.8 Å². The van der Waals surface area contributed by atoms with E-state index in [-0.39, 0.29) is 37.2 Å². The number of aryl methyl sites for hydroxylation is 3. The third kappa shape index (κ3) is 7.74. The monoisotopic (exact) mass is 793 g/mol. The van der Waals surface area contributed by atoms with E-state index in [1.807, 2.05) is 46.6 Å². The number of ether oxygens (including phenoxy) is 3. The maximum absolute atomic E-state index is 14.1. The van der Waals surface area contributed by atoms with Crippen molar-refractivity contribution < 1.29 is 31.8 Å². The van der Waals surface area contributed by atoms with Crippen LogP contribution in [-0.4, -0.2) is 96.8 Å². The second kappa shape index (κ2) is 16.6. The molecule has 0 saturated carbocycles. The molecule has 0 bridgehead atoms. The van der Waals surface area contributed by atoms with Crippen LogP contribution in [0.15, 0.2) is 48.5 Å². The molecule has 1 saturated heterocycles. The molecule has 4 heterocycles. The van der Waals surface area contributed by atoms with Gasteiger partial charge in [0.05, 0.1) is 54.5 Å². The Balaban J connectivity index is 1.40. The van der Waals surface area contributed by atoms with Gasteiger partial charge in [0.1, 0.15) is 17.3 Å². The molecular formula is C41H49ClFN5O6S. The highest BCUT2D eigenvalue weighted by atomic mass is 35.5. The van der Waals surface area contributed by atoms with Crippen LogP contribution in [0.4, 0.5) is 4.39 Å². The lowest BCUT2D eigenvalue weighted by Crippen LogP contribution is -2.41. The van der Waals surface area contributed by atoms with Gasteiger partial charge < -0.3 is 18.8 Å². The zero-order valence-electron chi connectivity index (χ0n) is 31.9. The minimum absolute atomic E-state index is 0.0890. The first-order valence-electron chi connectivity index (χ1n) is 19.2. The summed E-state index contributed by atoms with van der Waals surface area (Å²) in [4.78, 5) is 16.4. The Morgan fingerprint density at radius 1 is 1.02 bits per heavy atom. The second-order valence-electron chi connectivity index (χ2n) is 14.2. The molecule has 2 aromatic heterocycles. The van der Waals surface area contributed by atoms with Gasteiger partial charge in [-0.2, -0.15) is 5.10 Å². The fourth-order valence-corrected chi connectivity index (χ4v) is 9.74. The van der Waals surface area contributed by atoms with Crippen molar-refractivity contribution in [2.24, 2.45) is 7.05 Å². The SMILES string of the molecule is CCOC(=O)c1c(CCCOc2cccc3cc(F)ccc23)c2ccc(Cl)c3c2n1CCCS(=O)(=O)N(C)CCC(N1CCOCC1)c1nn(C)c(CC)c1-3. The van der Waals surface area contributed by atoms with Crippen LogP contribution >= 0.6 is 11.6 Å². The van der Waals surface area contributed by atoms with Crippen LogP contribution in [-0.2, 0) is 45.9 Å². The number of rotatable bonds is 9. The first kappa shape index (κ1) is 39.2. The standard InChI is InChI=1S/C41H49ClFN5O6S/c1-5-33-37-36-32(42)16-15-31-30(11-8-22-54-35-12-7-10-27-26-28(43)13-14-29(27)35)40(41(49)53-6-2)48(39(31)36)18-9-25-55(50,51)45(3)19-17-34(38(37)44-46(33)4)47-20-23-52-24-21-47/h7,10,12-16,26,34H,5-6,8-9,11,17-25H2,1-4H3. The van der Waals surface area contributed by atoms with E-state index in [0.29, 0.717) is 81.6 Å². The topological polar surface area (TPSA) is 108 Å². The number of hydrogen-bond acceptors (Lipinski definition) is 8. The maximum Gasteiger partial charge on any atom is 0.355 e. The van der Waals surface area contributed by atoms with E-state index in [9.17, 15) is 17.6 Å². The van der Waals surface area contributed by atoms with Crippen molar-refractivity contribution in [3.63, 3.8) is 0 Å². The molecule has 14 heteroatoms. The fraction of sp³-hybridized carbons (Fsp3) is 0.463. The van der Waals surface area contributed by atoms with Crippen LogP contribution in [0, 0.1) is 5.82 Å².